The average Bonchev–Trinajstić information content (AvgIpc) is 2.52. The molecule has 122 valence electrons. The molecule has 2 N–H and O–H groups in total. The number of nitrogens with one attached hydrogen (secondary N) is 1. The smallest absolute Gasteiger partial charge is 0.240 e. The largest absolute Gasteiger partial charge is 0.384 e. The minimum Gasteiger partial charge on any atom is -0.384 e. The van der Waals surface area contributed by atoms with E-state index in [1.165, 1.54) is 0 Å². The third kappa shape index (κ3) is 4.64. The number of carbonyl (C=O) groups is 1. The zero-order chi connectivity index (χ0) is 17.0. The molecule has 0 spiro atoms. The van der Waals surface area contributed by atoms with Crippen molar-refractivity contribution in [1.82, 2.24) is 4.72 Å². The summed E-state index contributed by atoms with van der Waals surface area (Å²) in [5.41, 5.74) is 2.03. The van der Waals surface area contributed by atoms with Crippen LogP contribution < -0.4 is 4.72 Å². The Hall–Kier alpha value is -2.18. The van der Waals surface area contributed by atoms with Crippen LogP contribution in [0.15, 0.2) is 54.6 Å². The minimum atomic E-state index is -3.59. The molecule has 1 unspecified atom stereocenters. The molecule has 23 heavy (non-hydrogen) atoms. The van der Waals surface area contributed by atoms with Crippen molar-refractivity contribution in [3.63, 3.8) is 0 Å². The Kier molecular flexibility index (Phi) is 5.18. The van der Waals surface area contributed by atoms with E-state index in [1.807, 2.05) is 35.1 Å². The summed E-state index contributed by atoms with van der Waals surface area (Å²) >= 11 is 0. The molecule has 2 aromatic rings. The van der Waals surface area contributed by atoms with Crippen molar-refractivity contribution in [3.05, 3.63) is 71.3 Å². The first-order valence-corrected chi connectivity index (χ1v) is 9.01. The molecular formula is C17H19NO4S. The van der Waals surface area contributed by atoms with Gasteiger partial charge in [0.15, 0.2) is 0 Å². The van der Waals surface area contributed by atoms with Gasteiger partial charge in [-0.2, -0.15) is 0 Å². The second-order valence-electron chi connectivity index (χ2n) is 5.44. The van der Waals surface area contributed by atoms with E-state index >= 15 is 0 Å². The van der Waals surface area contributed by atoms with Gasteiger partial charge in [0, 0.05) is 0 Å². The summed E-state index contributed by atoms with van der Waals surface area (Å²) in [6, 6.07) is 16.1. The lowest BCUT2D eigenvalue weighted by Gasteiger charge is -2.16. The highest BCUT2D eigenvalue weighted by Gasteiger charge is 2.20. The maximum Gasteiger partial charge on any atom is 0.240 e. The number of rotatable bonds is 5. The fraction of sp³-hybridized carbons (Fsp3) is 0.235. The molecule has 6 heteroatoms. The Labute approximate surface area is 136 Å². The van der Waals surface area contributed by atoms with Gasteiger partial charge in [0.2, 0.25) is 15.9 Å². The summed E-state index contributed by atoms with van der Waals surface area (Å²) in [6.45, 7) is 1.62. The number of aliphatic hydroxyl groups excluding tert-OH is 1. The number of amides is 1. The van der Waals surface area contributed by atoms with Crippen LogP contribution >= 0.6 is 0 Å². The van der Waals surface area contributed by atoms with E-state index in [-0.39, 0.29) is 0 Å². The first-order valence-electron chi connectivity index (χ1n) is 7.12. The monoisotopic (exact) mass is 333 g/mol. The molecule has 1 amide bonds. The number of aliphatic hydroxyl groups is 1. The molecule has 0 saturated heterocycles. The van der Waals surface area contributed by atoms with E-state index in [0.29, 0.717) is 11.1 Å². The Morgan fingerprint density at radius 1 is 1.00 bits per heavy atom. The SMILES string of the molecule is CC(C(=O)NS(C)(=O)=O)c1cccc([C@H](O)c2ccccc2)c1. The van der Waals surface area contributed by atoms with Gasteiger partial charge in [-0.15, -0.1) is 0 Å². The number of carbonyl (C=O) groups excluding carboxylic acids is 1. The molecular weight excluding hydrogens is 314 g/mol. The molecule has 5 nitrogen and oxygen atoms in total. The van der Waals surface area contributed by atoms with Crippen molar-refractivity contribution >= 4 is 15.9 Å². The normalized spacial score (nSPS) is 14.0. The van der Waals surface area contributed by atoms with Gasteiger partial charge < -0.3 is 5.11 Å². The maximum atomic E-state index is 12.0. The molecule has 0 aliphatic heterocycles. The van der Waals surface area contributed by atoms with Crippen LogP contribution in [0.1, 0.15) is 35.6 Å². The molecule has 0 fully saturated rings. The lowest BCUT2D eigenvalue weighted by Crippen LogP contribution is -2.32. The first-order chi connectivity index (χ1) is 10.8. The number of hydrogen-bond donors (Lipinski definition) is 2. The fourth-order valence-corrected chi connectivity index (χ4v) is 2.79. The Balaban J connectivity index is 2.24. The third-order valence-electron chi connectivity index (χ3n) is 3.52. The van der Waals surface area contributed by atoms with Crippen molar-refractivity contribution in [2.45, 2.75) is 18.9 Å². The molecule has 0 radical (unpaired) electrons. The van der Waals surface area contributed by atoms with Crippen LogP contribution in [-0.2, 0) is 14.8 Å². The van der Waals surface area contributed by atoms with E-state index in [4.69, 9.17) is 0 Å². The summed E-state index contributed by atoms with van der Waals surface area (Å²) in [5.74, 6) is -1.24. The van der Waals surface area contributed by atoms with Gasteiger partial charge in [-0.1, -0.05) is 54.6 Å². The molecule has 0 aliphatic rings. The van der Waals surface area contributed by atoms with Gasteiger partial charge in [-0.3, -0.25) is 9.52 Å². The number of hydrogen-bond acceptors (Lipinski definition) is 4. The zero-order valence-corrected chi connectivity index (χ0v) is 13.7. The van der Waals surface area contributed by atoms with Gasteiger partial charge in [0.1, 0.15) is 6.10 Å². The molecule has 2 rings (SSSR count). The van der Waals surface area contributed by atoms with E-state index in [1.54, 1.807) is 31.2 Å². The van der Waals surface area contributed by atoms with Crippen LogP contribution in [0.5, 0.6) is 0 Å². The summed E-state index contributed by atoms with van der Waals surface area (Å²) in [4.78, 5) is 12.0. The predicted molar refractivity (Wildman–Crippen MR) is 88.3 cm³/mol. The predicted octanol–water partition coefficient (Wildman–Crippen LogP) is 1.95. The van der Waals surface area contributed by atoms with Crippen molar-refractivity contribution in [3.8, 4) is 0 Å². The maximum absolute atomic E-state index is 12.0. The lowest BCUT2D eigenvalue weighted by molar-refractivity contribution is -0.120. The summed E-state index contributed by atoms with van der Waals surface area (Å²) in [6.07, 6.45) is 0.133. The van der Waals surface area contributed by atoms with E-state index in [9.17, 15) is 18.3 Å². The van der Waals surface area contributed by atoms with Gasteiger partial charge >= 0.3 is 0 Å². The summed E-state index contributed by atoms with van der Waals surface area (Å²) in [7, 11) is -3.59. The second-order valence-corrected chi connectivity index (χ2v) is 7.19. The molecule has 0 aliphatic carbocycles. The number of benzene rings is 2. The molecule has 0 saturated carbocycles. The molecule has 0 bridgehead atoms. The highest BCUT2D eigenvalue weighted by Crippen LogP contribution is 2.25. The van der Waals surface area contributed by atoms with Crippen LogP contribution in [-0.4, -0.2) is 25.7 Å². The van der Waals surface area contributed by atoms with Crippen molar-refractivity contribution in [2.24, 2.45) is 0 Å². The topological polar surface area (TPSA) is 83.5 Å². The lowest BCUT2D eigenvalue weighted by atomic mass is 9.94. The van der Waals surface area contributed by atoms with Crippen LogP contribution in [0.25, 0.3) is 0 Å². The van der Waals surface area contributed by atoms with Gasteiger partial charge in [-0.05, 0) is 23.6 Å². The van der Waals surface area contributed by atoms with Gasteiger partial charge in [0.05, 0.1) is 12.2 Å². The summed E-state index contributed by atoms with van der Waals surface area (Å²) in [5, 5.41) is 10.4. The molecule has 0 heterocycles. The van der Waals surface area contributed by atoms with Crippen LogP contribution in [0.2, 0.25) is 0 Å². The highest BCUT2D eigenvalue weighted by molar-refractivity contribution is 7.89. The average molecular weight is 333 g/mol. The van der Waals surface area contributed by atoms with Crippen LogP contribution in [0, 0.1) is 0 Å². The Morgan fingerprint density at radius 2 is 1.57 bits per heavy atom. The standard InChI is InChI=1S/C17H19NO4S/c1-12(17(20)18-23(2,21)22)14-9-6-10-15(11-14)16(19)13-7-4-3-5-8-13/h3-12,16,19H,1-2H3,(H,18,20)/t12?,16-/m1/s1. The van der Waals surface area contributed by atoms with Crippen molar-refractivity contribution in [2.75, 3.05) is 6.26 Å². The zero-order valence-electron chi connectivity index (χ0n) is 12.9. The van der Waals surface area contributed by atoms with E-state index < -0.39 is 28.0 Å². The van der Waals surface area contributed by atoms with Crippen molar-refractivity contribution < 1.29 is 18.3 Å². The molecule has 2 aromatic carbocycles. The fourth-order valence-electron chi connectivity index (χ4n) is 2.25. The van der Waals surface area contributed by atoms with E-state index in [0.717, 1.165) is 11.8 Å². The molecule has 0 aromatic heterocycles. The summed E-state index contributed by atoms with van der Waals surface area (Å²) < 4.78 is 24.3. The highest BCUT2D eigenvalue weighted by atomic mass is 32.2. The van der Waals surface area contributed by atoms with Gasteiger partial charge in [0.25, 0.3) is 0 Å². The van der Waals surface area contributed by atoms with Crippen LogP contribution in [0.3, 0.4) is 0 Å². The van der Waals surface area contributed by atoms with E-state index in [2.05, 4.69) is 0 Å². The van der Waals surface area contributed by atoms with Crippen molar-refractivity contribution in [1.29, 1.82) is 0 Å². The van der Waals surface area contributed by atoms with Crippen LogP contribution in [0.4, 0.5) is 0 Å². The minimum absolute atomic E-state index is 0.598. The Bertz CT molecular complexity index is 787. The molecule has 2 atom stereocenters. The third-order valence-corrected chi connectivity index (χ3v) is 4.09. The second kappa shape index (κ2) is 6.93. The Morgan fingerprint density at radius 3 is 2.17 bits per heavy atom. The first kappa shape index (κ1) is 17.2. The van der Waals surface area contributed by atoms with Gasteiger partial charge in [-0.25, -0.2) is 8.42 Å². The number of sulfonamides is 1. The quantitative estimate of drug-likeness (QED) is 0.876.